The monoisotopic (exact) mass is 526 g/mol. The number of carbonyl (C=O) groups excluding carboxylic acids is 3. The number of nitrogens with two attached hydrogens (primary N) is 1. The van der Waals surface area contributed by atoms with E-state index in [0.29, 0.717) is 12.3 Å². The van der Waals surface area contributed by atoms with Gasteiger partial charge in [0.1, 0.15) is 17.4 Å². The third kappa shape index (κ3) is 3.98. The predicted octanol–water partition coefficient (Wildman–Crippen LogP) is 1.64. The first-order valence-corrected chi connectivity index (χ1v) is 13.7. The Morgan fingerprint density at radius 1 is 1.13 bits per heavy atom. The van der Waals surface area contributed by atoms with Crippen molar-refractivity contribution in [2.24, 2.45) is 29.4 Å². The molecule has 1 aromatic rings. The molecule has 206 valence electrons. The summed E-state index contributed by atoms with van der Waals surface area (Å²) < 4.78 is 0. The second kappa shape index (κ2) is 9.77. The number of nitrogens with zero attached hydrogens (tertiary/aromatic N) is 1. The van der Waals surface area contributed by atoms with Crippen molar-refractivity contribution in [3.63, 3.8) is 0 Å². The third-order valence-corrected chi connectivity index (χ3v) is 9.62. The van der Waals surface area contributed by atoms with Crippen LogP contribution in [0.25, 0.3) is 5.76 Å². The Morgan fingerprint density at radius 3 is 2.45 bits per heavy atom. The number of fused-ring (bicyclic) bond motifs is 3. The van der Waals surface area contributed by atoms with Crippen LogP contribution in [0.15, 0.2) is 17.7 Å². The van der Waals surface area contributed by atoms with Crippen LogP contribution < -0.4 is 5.73 Å². The molecule has 0 radical (unpaired) electrons. The first kappa shape index (κ1) is 26.8. The van der Waals surface area contributed by atoms with Gasteiger partial charge in [0, 0.05) is 17.5 Å². The normalized spacial score (nSPS) is 33.7. The lowest BCUT2D eigenvalue weighted by Gasteiger charge is -2.53. The van der Waals surface area contributed by atoms with Crippen molar-refractivity contribution in [2.45, 2.75) is 75.5 Å². The van der Waals surface area contributed by atoms with Crippen molar-refractivity contribution in [1.29, 1.82) is 0 Å². The fourth-order valence-corrected chi connectivity index (χ4v) is 7.74. The summed E-state index contributed by atoms with van der Waals surface area (Å²) in [6.45, 7) is 0. The largest absolute Gasteiger partial charge is 0.507 e. The Kier molecular flexibility index (Phi) is 6.90. The summed E-state index contributed by atoms with van der Waals surface area (Å²) in [5.74, 6) is -6.48. The number of phenolic OH excluding ortho intramolecular Hbond substituents is 1. The number of amides is 1. The number of carbonyl (C=O) groups is 3. The highest BCUT2D eigenvalue weighted by Gasteiger charge is 2.67. The summed E-state index contributed by atoms with van der Waals surface area (Å²) >= 11 is 0. The average molecular weight is 527 g/mol. The van der Waals surface area contributed by atoms with Gasteiger partial charge in [-0.25, -0.2) is 0 Å². The second-order valence-corrected chi connectivity index (χ2v) is 11.9. The van der Waals surface area contributed by atoms with E-state index < -0.39 is 58.7 Å². The first-order chi connectivity index (χ1) is 18.0. The van der Waals surface area contributed by atoms with Crippen LogP contribution in [0.2, 0.25) is 0 Å². The smallest absolute Gasteiger partial charge is 0.230 e. The molecular formula is C29H38N2O7. The summed E-state index contributed by atoms with van der Waals surface area (Å²) in [6.07, 6.45) is 6.99. The van der Waals surface area contributed by atoms with E-state index in [0.717, 1.165) is 24.0 Å². The van der Waals surface area contributed by atoms with Crippen molar-refractivity contribution < 1.29 is 34.8 Å². The highest BCUT2D eigenvalue weighted by atomic mass is 16.3. The molecule has 0 bridgehead atoms. The number of benzene rings is 1. The number of ketones is 2. The molecule has 5 rings (SSSR count). The molecule has 0 saturated heterocycles. The van der Waals surface area contributed by atoms with Gasteiger partial charge in [-0.1, -0.05) is 38.2 Å². The van der Waals surface area contributed by atoms with Crippen LogP contribution in [0, 0.1) is 23.7 Å². The quantitative estimate of drug-likeness (QED) is 0.362. The molecule has 9 nitrogen and oxygen atoms in total. The van der Waals surface area contributed by atoms with E-state index in [2.05, 4.69) is 0 Å². The number of hydrogen-bond acceptors (Lipinski definition) is 8. The van der Waals surface area contributed by atoms with Crippen LogP contribution in [0.4, 0.5) is 0 Å². The molecule has 0 aliphatic heterocycles. The van der Waals surface area contributed by atoms with E-state index in [4.69, 9.17) is 5.73 Å². The maximum Gasteiger partial charge on any atom is 0.230 e. The minimum absolute atomic E-state index is 0.110. The molecule has 6 atom stereocenters. The number of aliphatic hydroxyl groups excluding tert-OH is 2. The molecule has 4 aliphatic carbocycles. The van der Waals surface area contributed by atoms with Gasteiger partial charge in [0.15, 0.2) is 11.4 Å². The molecule has 0 aromatic heterocycles. The lowest BCUT2D eigenvalue weighted by Crippen LogP contribution is -2.73. The maximum atomic E-state index is 13.9. The molecule has 0 heterocycles. The molecular weight excluding hydrogens is 488 g/mol. The highest BCUT2D eigenvalue weighted by Crippen LogP contribution is 2.52. The van der Waals surface area contributed by atoms with Gasteiger partial charge < -0.3 is 31.1 Å². The number of likely N-dealkylation sites (N-methyl/N-ethyl adjacent to an activating group) is 1. The number of aliphatic hydroxyl groups is 3. The van der Waals surface area contributed by atoms with Crippen LogP contribution in [-0.2, 0) is 27.2 Å². The topological polar surface area (TPSA) is 161 Å². The van der Waals surface area contributed by atoms with Gasteiger partial charge in [0.25, 0.3) is 0 Å². The number of aromatic hydroxyl groups is 1. The molecule has 1 amide bonds. The number of phenols is 1. The predicted molar refractivity (Wildman–Crippen MR) is 139 cm³/mol. The van der Waals surface area contributed by atoms with E-state index >= 15 is 0 Å². The molecule has 4 aliphatic rings. The average Bonchev–Trinajstić information content (AvgIpc) is 2.86. The molecule has 38 heavy (non-hydrogen) atoms. The Labute approximate surface area is 222 Å². The van der Waals surface area contributed by atoms with Crippen molar-refractivity contribution in [3.8, 4) is 5.75 Å². The maximum absolute atomic E-state index is 13.9. The fourth-order valence-electron chi connectivity index (χ4n) is 7.74. The minimum atomic E-state index is -2.63. The van der Waals surface area contributed by atoms with Gasteiger partial charge in [-0.05, 0) is 68.8 Å². The van der Waals surface area contributed by atoms with Gasteiger partial charge in [0.05, 0.1) is 11.7 Å². The van der Waals surface area contributed by atoms with Crippen molar-refractivity contribution in [2.75, 3.05) is 14.1 Å². The van der Waals surface area contributed by atoms with E-state index in [1.807, 2.05) is 6.07 Å². The van der Waals surface area contributed by atoms with E-state index in [-0.39, 0.29) is 23.3 Å². The molecule has 9 heteroatoms. The highest BCUT2D eigenvalue weighted by molar-refractivity contribution is 6.25. The van der Waals surface area contributed by atoms with Gasteiger partial charge in [0.2, 0.25) is 11.7 Å². The molecule has 2 unspecified atom stereocenters. The first-order valence-electron chi connectivity index (χ1n) is 13.7. The van der Waals surface area contributed by atoms with E-state index in [1.54, 1.807) is 19.0 Å². The summed E-state index contributed by atoms with van der Waals surface area (Å²) in [6, 6.07) is 2.51. The Hall–Kier alpha value is -2.75. The molecule has 3 saturated carbocycles. The van der Waals surface area contributed by atoms with Crippen LogP contribution in [0.3, 0.4) is 0 Å². The summed E-state index contributed by atoms with van der Waals surface area (Å²) in [5, 5.41) is 44.8. The summed E-state index contributed by atoms with van der Waals surface area (Å²) in [5.41, 5.74) is 4.66. The van der Waals surface area contributed by atoms with Crippen molar-refractivity contribution in [1.82, 2.24) is 4.90 Å². The SMILES string of the molecule is CN(C)[C@@H]1C(O)C(C(N)=O)C(=O)[C@@]2(O)C(=O)C3=C(O)c4c(O)ccc(CCC5CCCCC5)c4C[C@H]3C[C@@H]12. The van der Waals surface area contributed by atoms with Gasteiger partial charge >= 0.3 is 0 Å². The Bertz CT molecular complexity index is 1200. The Morgan fingerprint density at radius 2 is 1.82 bits per heavy atom. The lowest BCUT2D eigenvalue weighted by atomic mass is 9.54. The van der Waals surface area contributed by atoms with Gasteiger partial charge in [-0.15, -0.1) is 0 Å². The van der Waals surface area contributed by atoms with E-state index in [9.17, 15) is 34.8 Å². The number of hydrogen-bond donors (Lipinski definition) is 5. The van der Waals surface area contributed by atoms with Gasteiger partial charge in [-0.3, -0.25) is 14.4 Å². The van der Waals surface area contributed by atoms with Gasteiger partial charge in [-0.2, -0.15) is 0 Å². The summed E-state index contributed by atoms with van der Waals surface area (Å²) in [4.78, 5) is 41.0. The third-order valence-electron chi connectivity index (χ3n) is 9.62. The number of Topliss-reactive ketones (excluding diaryl/α,β-unsaturated/α-hetero) is 2. The van der Waals surface area contributed by atoms with Crippen LogP contribution in [0.1, 0.15) is 61.6 Å². The summed E-state index contributed by atoms with van der Waals surface area (Å²) in [7, 11) is 3.29. The van der Waals surface area contributed by atoms with Crippen molar-refractivity contribution >= 4 is 23.2 Å². The number of rotatable bonds is 5. The van der Waals surface area contributed by atoms with Crippen LogP contribution in [-0.4, -0.2) is 74.6 Å². The number of primary amides is 1. The zero-order valence-electron chi connectivity index (χ0n) is 22.0. The fraction of sp³-hybridized carbons (Fsp3) is 0.621. The Balaban J connectivity index is 1.57. The lowest BCUT2D eigenvalue weighted by molar-refractivity contribution is -0.184. The zero-order valence-corrected chi connectivity index (χ0v) is 22.0. The van der Waals surface area contributed by atoms with Crippen LogP contribution >= 0.6 is 0 Å². The van der Waals surface area contributed by atoms with Crippen molar-refractivity contribution in [3.05, 3.63) is 34.4 Å². The molecule has 0 spiro atoms. The molecule has 6 N–H and O–H groups in total. The molecule has 1 aromatic carbocycles. The van der Waals surface area contributed by atoms with Crippen LogP contribution in [0.5, 0.6) is 5.75 Å². The standard InChI is InChI=1S/C29H38N2O7/c1-31(2)23-18-13-16-12-17-15(9-8-14-6-4-3-5-7-14)10-11-19(32)21(17)24(33)20(16)26(35)29(18,38)27(36)22(25(23)34)28(30)37/h10-11,14,16,18,22-23,25,32-34,38H,3-9,12-13H2,1-2H3,(H2,30,37)/t16-,18-,22?,23-,25?,29-/m0/s1. The minimum Gasteiger partial charge on any atom is -0.507 e. The number of aryl methyl sites for hydroxylation is 1. The van der Waals surface area contributed by atoms with E-state index in [1.165, 1.54) is 38.2 Å². The second-order valence-electron chi connectivity index (χ2n) is 11.9. The molecule has 3 fully saturated rings. The zero-order chi connectivity index (χ0) is 27.5.